The molecule has 5 heteroatoms. The lowest BCUT2D eigenvalue weighted by atomic mass is 9.96. The molecule has 0 aliphatic carbocycles. The van der Waals surface area contributed by atoms with Gasteiger partial charge in [0.05, 0.1) is 10.8 Å². The number of carbonyl (C=O) groups excluding carboxylic acids is 2. The van der Waals surface area contributed by atoms with Crippen LogP contribution in [0.3, 0.4) is 0 Å². The first-order valence-corrected chi connectivity index (χ1v) is 8.37. The number of fused-ring (bicyclic) bond motifs is 1. The molecule has 0 N–H and O–H groups in total. The molecule has 116 valence electrons. The summed E-state index contributed by atoms with van der Waals surface area (Å²) in [5, 5.41) is 1.11. The van der Waals surface area contributed by atoms with Crippen LogP contribution in [0.1, 0.15) is 22.5 Å². The van der Waals surface area contributed by atoms with Crippen LogP contribution in [0.15, 0.2) is 30.3 Å². The Morgan fingerprint density at radius 3 is 2.77 bits per heavy atom. The van der Waals surface area contributed by atoms with Crippen molar-refractivity contribution < 1.29 is 9.59 Å². The molecule has 1 saturated heterocycles. The van der Waals surface area contributed by atoms with E-state index in [0.29, 0.717) is 6.54 Å². The molecule has 1 fully saturated rings. The van der Waals surface area contributed by atoms with Crippen molar-refractivity contribution >= 4 is 33.2 Å². The molecule has 0 saturated carbocycles. The van der Waals surface area contributed by atoms with E-state index in [2.05, 4.69) is 0 Å². The summed E-state index contributed by atoms with van der Waals surface area (Å²) in [6.45, 7) is 1.27. The molecule has 2 amide bonds. The summed E-state index contributed by atoms with van der Waals surface area (Å²) in [6, 6.07) is 9.98. The van der Waals surface area contributed by atoms with Gasteiger partial charge in [-0.15, -0.1) is 11.3 Å². The van der Waals surface area contributed by atoms with E-state index in [1.54, 1.807) is 19.0 Å². The number of nitrogens with zero attached hydrogens (tertiary/aromatic N) is 2. The second-order valence-corrected chi connectivity index (χ2v) is 7.06. The predicted octanol–water partition coefficient (Wildman–Crippen LogP) is 2.84. The van der Waals surface area contributed by atoms with Gasteiger partial charge in [0.25, 0.3) is 5.91 Å². The van der Waals surface area contributed by atoms with Crippen molar-refractivity contribution in [3.8, 4) is 0 Å². The maximum atomic E-state index is 12.7. The number of carbonyl (C=O) groups is 2. The molecule has 1 unspecified atom stereocenters. The fourth-order valence-corrected chi connectivity index (χ4v) is 4.00. The van der Waals surface area contributed by atoms with Crippen LogP contribution in [0, 0.1) is 5.92 Å². The van der Waals surface area contributed by atoms with Gasteiger partial charge in [-0.05, 0) is 30.4 Å². The monoisotopic (exact) mass is 316 g/mol. The second-order valence-electron chi connectivity index (χ2n) is 5.97. The zero-order valence-electron chi connectivity index (χ0n) is 12.9. The number of benzene rings is 1. The predicted molar refractivity (Wildman–Crippen MR) is 89.1 cm³/mol. The molecule has 0 radical (unpaired) electrons. The average Bonchev–Trinajstić information content (AvgIpc) is 2.97. The Morgan fingerprint density at radius 2 is 2.05 bits per heavy atom. The molecular weight excluding hydrogens is 296 g/mol. The summed E-state index contributed by atoms with van der Waals surface area (Å²) >= 11 is 1.53. The Labute approximate surface area is 134 Å². The number of likely N-dealkylation sites (tertiary alicyclic amines) is 1. The molecule has 1 aliphatic rings. The summed E-state index contributed by atoms with van der Waals surface area (Å²) in [5.41, 5.74) is 0. The highest BCUT2D eigenvalue weighted by Gasteiger charge is 2.30. The minimum Gasteiger partial charge on any atom is -0.349 e. The average molecular weight is 316 g/mol. The number of hydrogen-bond donors (Lipinski definition) is 0. The molecule has 1 aromatic carbocycles. The fraction of sp³-hybridized carbons (Fsp3) is 0.412. The Bertz CT molecular complexity index is 675. The van der Waals surface area contributed by atoms with E-state index in [0.717, 1.165) is 34.3 Å². The smallest absolute Gasteiger partial charge is 0.263 e. The molecule has 2 aromatic rings. The highest BCUT2D eigenvalue weighted by molar-refractivity contribution is 7.20. The number of rotatable bonds is 2. The Hall–Kier alpha value is -1.88. The first kappa shape index (κ1) is 15.0. The van der Waals surface area contributed by atoms with Crippen LogP contribution in [-0.4, -0.2) is 48.8 Å². The third kappa shape index (κ3) is 2.86. The first-order valence-electron chi connectivity index (χ1n) is 7.55. The van der Waals surface area contributed by atoms with Crippen molar-refractivity contribution in [3.63, 3.8) is 0 Å². The topological polar surface area (TPSA) is 40.6 Å². The summed E-state index contributed by atoms with van der Waals surface area (Å²) in [6.07, 6.45) is 1.76. The van der Waals surface area contributed by atoms with Gasteiger partial charge >= 0.3 is 0 Å². The second kappa shape index (κ2) is 6.08. The lowest BCUT2D eigenvalue weighted by molar-refractivity contribution is -0.134. The van der Waals surface area contributed by atoms with Gasteiger partial charge in [-0.2, -0.15) is 0 Å². The van der Waals surface area contributed by atoms with Gasteiger partial charge in [0.2, 0.25) is 5.91 Å². The number of piperidine rings is 1. The van der Waals surface area contributed by atoms with Gasteiger partial charge in [0, 0.05) is 31.9 Å². The lowest BCUT2D eigenvalue weighted by Gasteiger charge is -2.33. The summed E-state index contributed by atoms with van der Waals surface area (Å²) in [5.74, 6) is 0.105. The molecule has 22 heavy (non-hydrogen) atoms. The van der Waals surface area contributed by atoms with E-state index in [1.165, 1.54) is 11.3 Å². The highest BCUT2D eigenvalue weighted by Crippen LogP contribution is 2.28. The number of amides is 2. The van der Waals surface area contributed by atoms with Crippen LogP contribution in [0.4, 0.5) is 0 Å². The zero-order chi connectivity index (χ0) is 15.7. The number of hydrogen-bond acceptors (Lipinski definition) is 3. The number of thiophene rings is 1. The van der Waals surface area contributed by atoms with Crippen LogP contribution < -0.4 is 0 Å². The van der Waals surface area contributed by atoms with E-state index in [4.69, 9.17) is 0 Å². The minimum absolute atomic E-state index is 0.0532. The van der Waals surface area contributed by atoms with Crippen LogP contribution in [0.2, 0.25) is 0 Å². The quantitative estimate of drug-likeness (QED) is 0.855. The summed E-state index contributed by atoms with van der Waals surface area (Å²) in [4.78, 5) is 29.1. The van der Waals surface area contributed by atoms with Gasteiger partial charge in [-0.1, -0.05) is 18.2 Å². The van der Waals surface area contributed by atoms with Gasteiger partial charge in [0.1, 0.15) is 0 Å². The van der Waals surface area contributed by atoms with Crippen molar-refractivity contribution in [2.24, 2.45) is 5.92 Å². The SMILES string of the molecule is CN(C)C(=O)C1CCCN(C(=O)c2cc3ccccc3s2)C1. The van der Waals surface area contributed by atoms with Crippen molar-refractivity contribution in [2.75, 3.05) is 27.2 Å². The molecule has 1 aliphatic heterocycles. The molecule has 0 spiro atoms. The largest absolute Gasteiger partial charge is 0.349 e. The van der Waals surface area contributed by atoms with Gasteiger partial charge < -0.3 is 9.80 Å². The standard InChI is InChI=1S/C17H20N2O2S/c1-18(2)16(20)13-7-5-9-19(11-13)17(21)15-10-12-6-3-4-8-14(12)22-15/h3-4,6,8,10,13H,5,7,9,11H2,1-2H3. The van der Waals surface area contributed by atoms with Gasteiger partial charge in [-0.25, -0.2) is 0 Å². The molecule has 1 aromatic heterocycles. The maximum Gasteiger partial charge on any atom is 0.263 e. The van der Waals surface area contributed by atoms with Crippen LogP contribution in [0.5, 0.6) is 0 Å². The van der Waals surface area contributed by atoms with E-state index in [-0.39, 0.29) is 17.7 Å². The lowest BCUT2D eigenvalue weighted by Crippen LogP contribution is -2.45. The summed E-state index contributed by atoms with van der Waals surface area (Å²) < 4.78 is 1.13. The first-order chi connectivity index (χ1) is 10.6. The van der Waals surface area contributed by atoms with Gasteiger partial charge in [-0.3, -0.25) is 9.59 Å². The zero-order valence-corrected chi connectivity index (χ0v) is 13.7. The molecular formula is C17H20N2O2S. The normalized spacial score (nSPS) is 18.5. The van der Waals surface area contributed by atoms with E-state index in [1.807, 2.05) is 35.2 Å². The molecule has 1 atom stereocenters. The van der Waals surface area contributed by atoms with Crippen LogP contribution in [-0.2, 0) is 4.79 Å². The highest BCUT2D eigenvalue weighted by atomic mass is 32.1. The molecule has 4 nitrogen and oxygen atoms in total. The third-order valence-corrected chi connectivity index (χ3v) is 5.24. The minimum atomic E-state index is -0.0675. The van der Waals surface area contributed by atoms with E-state index < -0.39 is 0 Å². The Balaban J connectivity index is 1.78. The Morgan fingerprint density at radius 1 is 1.27 bits per heavy atom. The summed E-state index contributed by atoms with van der Waals surface area (Å²) in [7, 11) is 3.55. The van der Waals surface area contributed by atoms with Crippen molar-refractivity contribution in [1.82, 2.24) is 9.80 Å². The van der Waals surface area contributed by atoms with Crippen molar-refractivity contribution in [2.45, 2.75) is 12.8 Å². The van der Waals surface area contributed by atoms with Gasteiger partial charge in [0.15, 0.2) is 0 Å². The van der Waals surface area contributed by atoms with Crippen molar-refractivity contribution in [1.29, 1.82) is 0 Å². The molecule has 0 bridgehead atoms. The third-order valence-electron chi connectivity index (χ3n) is 4.13. The van der Waals surface area contributed by atoms with Crippen LogP contribution in [0.25, 0.3) is 10.1 Å². The van der Waals surface area contributed by atoms with Crippen LogP contribution >= 0.6 is 11.3 Å². The fourth-order valence-electron chi connectivity index (χ4n) is 2.97. The maximum absolute atomic E-state index is 12.7. The molecule has 3 rings (SSSR count). The molecule has 2 heterocycles. The van der Waals surface area contributed by atoms with Crippen molar-refractivity contribution in [3.05, 3.63) is 35.2 Å². The Kier molecular flexibility index (Phi) is 4.16. The van der Waals surface area contributed by atoms with E-state index >= 15 is 0 Å². The van der Waals surface area contributed by atoms with E-state index in [9.17, 15) is 9.59 Å².